The third kappa shape index (κ3) is 7.65. The molecule has 4 aromatic carbocycles. The van der Waals surface area contributed by atoms with Crippen LogP contribution >= 0.6 is 46.4 Å². The molecule has 0 aromatic heterocycles. The van der Waals surface area contributed by atoms with Gasteiger partial charge in [0, 0.05) is 12.0 Å². The summed E-state index contributed by atoms with van der Waals surface area (Å²) < 4.78 is 34.0. The van der Waals surface area contributed by atoms with E-state index in [0.717, 1.165) is 9.87 Å². The van der Waals surface area contributed by atoms with E-state index in [0.29, 0.717) is 17.0 Å². The van der Waals surface area contributed by atoms with E-state index >= 15 is 0 Å². The van der Waals surface area contributed by atoms with E-state index in [1.807, 2.05) is 30.3 Å². The molecular formula is C31H25Cl4NO5S. The van der Waals surface area contributed by atoms with E-state index in [1.165, 1.54) is 31.4 Å². The molecule has 6 nitrogen and oxygen atoms in total. The summed E-state index contributed by atoms with van der Waals surface area (Å²) in [5.74, 6) is -1.57. The number of halogens is 4. The van der Waals surface area contributed by atoms with Crippen LogP contribution in [0.5, 0.6) is 0 Å². The molecule has 0 bridgehead atoms. The van der Waals surface area contributed by atoms with Gasteiger partial charge < -0.3 is 4.74 Å². The second-order valence-corrected chi connectivity index (χ2v) is 12.9. The van der Waals surface area contributed by atoms with Crippen molar-refractivity contribution in [3.05, 3.63) is 128 Å². The Hall–Kier alpha value is -3.07. The van der Waals surface area contributed by atoms with Crippen molar-refractivity contribution in [1.29, 1.82) is 0 Å². The SMILES string of the molecule is COC(=O)C(CC(=O)c1cccc(N(Cc2ccc(Cl)c(Cl)c2)S(=O)(=O)c2ccc(Cl)c(Cl)c2)c1)Cc1ccccc1. The summed E-state index contributed by atoms with van der Waals surface area (Å²) in [5, 5.41) is 0.859. The summed E-state index contributed by atoms with van der Waals surface area (Å²) >= 11 is 24.5. The first-order chi connectivity index (χ1) is 20.0. The topological polar surface area (TPSA) is 80.8 Å². The lowest BCUT2D eigenvalue weighted by Crippen LogP contribution is -2.31. The summed E-state index contributed by atoms with van der Waals surface area (Å²) in [6.45, 7) is -0.129. The molecule has 4 rings (SSSR count). The zero-order chi connectivity index (χ0) is 30.4. The van der Waals surface area contributed by atoms with Crippen LogP contribution in [0.3, 0.4) is 0 Å². The predicted molar refractivity (Wildman–Crippen MR) is 167 cm³/mol. The molecule has 1 atom stereocenters. The summed E-state index contributed by atoms with van der Waals surface area (Å²) in [6, 6.07) is 24.3. The van der Waals surface area contributed by atoms with Crippen LogP contribution in [0.25, 0.3) is 0 Å². The van der Waals surface area contributed by atoms with Gasteiger partial charge in [0.1, 0.15) is 0 Å². The summed E-state index contributed by atoms with van der Waals surface area (Å²) in [7, 11) is -2.93. The van der Waals surface area contributed by atoms with Crippen LogP contribution in [0.2, 0.25) is 20.1 Å². The number of carbonyl (C=O) groups excluding carboxylic acids is 2. The van der Waals surface area contributed by atoms with Crippen LogP contribution in [-0.4, -0.2) is 27.3 Å². The maximum absolute atomic E-state index is 14.0. The van der Waals surface area contributed by atoms with Crippen LogP contribution in [0.4, 0.5) is 5.69 Å². The zero-order valence-electron chi connectivity index (χ0n) is 22.3. The highest BCUT2D eigenvalue weighted by Crippen LogP contribution is 2.32. The van der Waals surface area contributed by atoms with Gasteiger partial charge in [-0.25, -0.2) is 8.42 Å². The molecule has 11 heteroatoms. The number of nitrogens with zero attached hydrogens (tertiary/aromatic N) is 1. The number of sulfonamides is 1. The summed E-state index contributed by atoms with van der Waals surface area (Å²) in [6.07, 6.45) is 0.186. The van der Waals surface area contributed by atoms with E-state index in [-0.39, 0.29) is 50.0 Å². The lowest BCUT2D eigenvalue weighted by atomic mass is 9.92. The third-order valence-electron chi connectivity index (χ3n) is 6.54. The van der Waals surface area contributed by atoms with Crippen LogP contribution in [0, 0.1) is 5.92 Å². The van der Waals surface area contributed by atoms with Crippen molar-refractivity contribution in [2.75, 3.05) is 11.4 Å². The summed E-state index contributed by atoms with van der Waals surface area (Å²) in [5.41, 5.74) is 1.89. The lowest BCUT2D eigenvalue weighted by Gasteiger charge is -2.25. The number of ketones is 1. The predicted octanol–water partition coefficient (Wildman–Crippen LogP) is 8.30. The van der Waals surface area contributed by atoms with Gasteiger partial charge >= 0.3 is 5.97 Å². The largest absolute Gasteiger partial charge is 0.469 e. The summed E-state index contributed by atoms with van der Waals surface area (Å²) in [4.78, 5) is 25.9. The number of hydrogen-bond acceptors (Lipinski definition) is 5. The van der Waals surface area contributed by atoms with E-state index in [4.69, 9.17) is 51.1 Å². The molecule has 0 N–H and O–H groups in total. The number of hydrogen-bond donors (Lipinski definition) is 0. The van der Waals surface area contributed by atoms with Crippen molar-refractivity contribution >= 4 is 73.9 Å². The van der Waals surface area contributed by atoms with Crippen molar-refractivity contribution in [2.24, 2.45) is 5.92 Å². The average Bonchev–Trinajstić information content (AvgIpc) is 2.98. The second kappa shape index (κ2) is 13.9. The van der Waals surface area contributed by atoms with Crippen LogP contribution in [-0.2, 0) is 32.5 Å². The Bertz CT molecular complexity index is 1710. The highest BCUT2D eigenvalue weighted by atomic mass is 35.5. The zero-order valence-corrected chi connectivity index (χ0v) is 26.1. The monoisotopic (exact) mass is 663 g/mol. The Labute approximate surface area is 264 Å². The Kier molecular flexibility index (Phi) is 10.6. The van der Waals surface area contributed by atoms with Gasteiger partial charge in [-0.1, -0.05) is 94.9 Å². The minimum atomic E-state index is -4.21. The molecule has 0 heterocycles. The number of rotatable bonds is 11. The van der Waals surface area contributed by atoms with Gasteiger partial charge in [-0.05, 0) is 60.0 Å². The molecule has 0 fully saturated rings. The lowest BCUT2D eigenvalue weighted by molar-refractivity contribution is -0.145. The van der Waals surface area contributed by atoms with Crippen molar-refractivity contribution in [3.8, 4) is 0 Å². The first-order valence-electron chi connectivity index (χ1n) is 12.7. The van der Waals surface area contributed by atoms with E-state index in [2.05, 4.69) is 0 Å². The Morgan fingerprint density at radius 2 is 1.43 bits per heavy atom. The fourth-order valence-electron chi connectivity index (χ4n) is 4.36. The van der Waals surface area contributed by atoms with E-state index in [9.17, 15) is 18.0 Å². The van der Waals surface area contributed by atoms with Crippen molar-refractivity contribution < 1.29 is 22.7 Å². The second-order valence-electron chi connectivity index (χ2n) is 9.42. The smallest absolute Gasteiger partial charge is 0.309 e. The molecule has 0 saturated carbocycles. The minimum absolute atomic E-state index is 0.0726. The molecule has 0 aliphatic carbocycles. The van der Waals surface area contributed by atoms with Crippen LogP contribution in [0.15, 0.2) is 95.9 Å². The van der Waals surface area contributed by atoms with Crippen molar-refractivity contribution in [2.45, 2.75) is 24.3 Å². The van der Waals surface area contributed by atoms with E-state index < -0.39 is 21.9 Å². The molecule has 218 valence electrons. The molecule has 1 unspecified atom stereocenters. The molecular weight excluding hydrogens is 640 g/mol. The number of anilines is 1. The molecule has 0 spiro atoms. The molecule has 0 aliphatic heterocycles. The maximum atomic E-state index is 14.0. The number of Topliss-reactive ketones (excluding diaryl/α,β-unsaturated/α-hetero) is 1. The molecule has 0 saturated heterocycles. The van der Waals surface area contributed by atoms with Gasteiger partial charge in [-0.15, -0.1) is 0 Å². The van der Waals surface area contributed by atoms with Gasteiger partial charge in [-0.3, -0.25) is 13.9 Å². The Balaban J connectivity index is 1.71. The fourth-order valence-corrected chi connectivity index (χ4v) is 6.52. The number of benzene rings is 4. The van der Waals surface area contributed by atoms with Crippen LogP contribution < -0.4 is 4.31 Å². The van der Waals surface area contributed by atoms with Crippen molar-refractivity contribution in [1.82, 2.24) is 0 Å². The van der Waals surface area contributed by atoms with Crippen LogP contribution in [0.1, 0.15) is 27.9 Å². The first-order valence-corrected chi connectivity index (χ1v) is 15.6. The quantitative estimate of drug-likeness (QED) is 0.119. The third-order valence-corrected chi connectivity index (χ3v) is 9.78. The Morgan fingerprint density at radius 3 is 2.07 bits per heavy atom. The van der Waals surface area contributed by atoms with Gasteiger partial charge in [0.05, 0.1) is 50.2 Å². The molecule has 4 aromatic rings. The number of methoxy groups -OCH3 is 1. The molecule has 42 heavy (non-hydrogen) atoms. The maximum Gasteiger partial charge on any atom is 0.309 e. The highest BCUT2D eigenvalue weighted by molar-refractivity contribution is 7.92. The first kappa shape index (κ1) is 31.9. The van der Waals surface area contributed by atoms with E-state index in [1.54, 1.807) is 36.4 Å². The minimum Gasteiger partial charge on any atom is -0.469 e. The average molecular weight is 665 g/mol. The van der Waals surface area contributed by atoms with Gasteiger partial charge in [0.2, 0.25) is 0 Å². The number of carbonyl (C=O) groups is 2. The molecule has 0 aliphatic rings. The van der Waals surface area contributed by atoms with Gasteiger partial charge in [-0.2, -0.15) is 0 Å². The van der Waals surface area contributed by atoms with Gasteiger partial charge in [0.25, 0.3) is 10.0 Å². The highest BCUT2D eigenvalue weighted by Gasteiger charge is 2.28. The van der Waals surface area contributed by atoms with Gasteiger partial charge in [0.15, 0.2) is 5.78 Å². The fraction of sp³-hybridized carbons (Fsp3) is 0.161. The van der Waals surface area contributed by atoms with Crippen molar-refractivity contribution in [3.63, 3.8) is 0 Å². The number of ether oxygens (including phenoxy) is 1. The Morgan fingerprint density at radius 1 is 0.762 bits per heavy atom. The molecule has 0 amide bonds. The standard InChI is InChI=1S/C31H25Cl4NO5S/c1-41-31(38)23(14-20-6-3-2-4-7-20)17-30(37)22-8-5-9-24(16-22)36(19-21-10-12-26(32)28(34)15-21)42(39,40)25-11-13-27(33)29(35)18-25/h2-13,15-16,18,23H,14,17,19H2,1H3. The number of esters is 1. The molecule has 0 radical (unpaired) electrons. The normalized spacial score (nSPS) is 12.0.